The van der Waals surface area contributed by atoms with Gasteiger partial charge in [-0.15, -0.1) is 0 Å². The van der Waals surface area contributed by atoms with Crippen LogP contribution in [0.1, 0.15) is 23.2 Å². The van der Waals surface area contributed by atoms with Crippen LogP contribution in [0, 0.1) is 0 Å². The molecule has 0 aliphatic carbocycles. The number of piperidine rings is 1. The minimum Gasteiger partial charge on any atom is -0.337 e. The predicted molar refractivity (Wildman–Crippen MR) is 72.7 cm³/mol. The van der Waals surface area contributed by atoms with Crippen LogP contribution in [0.2, 0.25) is 0 Å². The number of aromatic nitrogens is 1. The highest BCUT2D eigenvalue weighted by Crippen LogP contribution is 2.14. The maximum Gasteiger partial charge on any atom is 0.262 e. The molecule has 98 valence electrons. The first-order valence-corrected chi connectivity index (χ1v) is 6.76. The molecule has 1 saturated heterocycles. The molecule has 2 N–H and O–H groups in total. The summed E-state index contributed by atoms with van der Waals surface area (Å²) in [6.45, 7) is 1.49. The van der Waals surface area contributed by atoms with Crippen molar-refractivity contribution in [1.29, 1.82) is 0 Å². The Morgan fingerprint density at radius 2 is 2.39 bits per heavy atom. The quantitative estimate of drug-likeness (QED) is 0.855. The standard InChI is InChI=1S/C12H16BrN3O2/c1-14-9-3-2-4-16(7-9)12(18)8-5-10(13)11(17)15-6-8/h5-6,9,14H,2-4,7H2,1H3,(H,15,17). The second-order valence-electron chi connectivity index (χ2n) is 4.44. The van der Waals surface area contributed by atoms with Crippen molar-refractivity contribution < 1.29 is 4.79 Å². The Morgan fingerprint density at radius 3 is 3.06 bits per heavy atom. The zero-order valence-electron chi connectivity index (χ0n) is 10.2. The van der Waals surface area contributed by atoms with Gasteiger partial charge in [0.25, 0.3) is 11.5 Å². The highest BCUT2D eigenvalue weighted by molar-refractivity contribution is 9.10. The summed E-state index contributed by atoms with van der Waals surface area (Å²) < 4.78 is 0.385. The Kier molecular flexibility index (Phi) is 4.19. The Bertz CT molecular complexity index is 500. The average Bonchev–Trinajstić information content (AvgIpc) is 2.41. The molecule has 2 rings (SSSR count). The van der Waals surface area contributed by atoms with Gasteiger partial charge in [-0.05, 0) is 41.9 Å². The van der Waals surface area contributed by atoms with E-state index in [1.807, 2.05) is 11.9 Å². The summed E-state index contributed by atoms with van der Waals surface area (Å²) in [6.07, 6.45) is 3.57. The van der Waals surface area contributed by atoms with Gasteiger partial charge in [-0.2, -0.15) is 0 Å². The Labute approximate surface area is 114 Å². The van der Waals surface area contributed by atoms with E-state index in [1.54, 1.807) is 6.07 Å². The molecule has 5 nitrogen and oxygen atoms in total. The number of nitrogens with zero attached hydrogens (tertiary/aromatic N) is 1. The molecule has 1 aliphatic heterocycles. The number of carbonyl (C=O) groups excluding carboxylic acids is 1. The highest BCUT2D eigenvalue weighted by atomic mass is 79.9. The van der Waals surface area contributed by atoms with Crippen molar-refractivity contribution in [3.63, 3.8) is 0 Å². The van der Waals surface area contributed by atoms with E-state index >= 15 is 0 Å². The number of carbonyl (C=O) groups is 1. The van der Waals surface area contributed by atoms with Gasteiger partial charge in [0.15, 0.2) is 0 Å². The van der Waals surface area contributed by atoms with Crippen molar-refractivity contribution >= 4 is 21.8 Å². The third kappa shape index (κ3) is 2.81. The Balaban J connectivity index is 2.15. The fourth-order valence-corrected chi connectivity index (χ4v) is 2.52. The molecular weight excluding hydrogens is 298 g/mol. The molecule has 1 fully saturated rings. The lowest BCUT2D eigenvalue weighted by Crippen LogP contribution is -2.47. The normalized spacial score (nSPS) is 19.9. The van der Waals surface area contributed by atoms with Crippen molar-refractivity contribution in [2.24, 2.45) is 0 Å². The van der Waals surface area contributed by atoms with Gasteiger partial charge in [-0.25, -0.2) is 0 Å². The number of rotatable bonds is 2. The molecule has 18 heavy (non-hydrogen) atoms. The molecule has 1 atom stereocenters. The van der Waals surface area contributed by atoms with Crippen LogP contribution < -0.4 is 10.9 Å². The molecular formula is C12H16BrN3O2. The van der Waals surface area contributed by atoms with Crippen molar-refractivity contribution in [2.75, 3.05) is 20.1 Å². The lowest BCUT2D eigenvalue weighted by atomic mass is 10.1. The first kappa shape index (κ1) is 13.3. The fourth-order valence-electron chi connectivity index (χ4n) is 2.16. The number of amides is 1. The summed E-state index contributed by atoms with van der Waals surface area (Å²) >= 11 is 3.14. The topological polar surface area (TPSA) is 65.2 Å². The molecule has 1 aromatic heterocycles. The van der Waals surface area contributed by atoms with E-state index in [0.717, 1.165) is 19.4 Å². The lowest BCUT2D eigenvalue weighted by molar-refractivity contribution is 0.0697. The van der Waals surface area contributed by atoms with E-state index in [1.165, 1.54) is 6.20 Å². The summed E-state index contributed by atoms with van der Waals surface area (Å²) in [7, 11) is 1.91. The summed E-state index contributed by atoms with van der Waals surface area (Å²) in [5.41, 5.74) is 0.288. The minimum atomic E-state index is -0.224. The predicted octanol–water partition coefficient (Wildman–Crippen LogP) is 0.961. The summed E-state index contributed by atoms with van der Waals surface area (Å²) in [6, 6.07) is 1.93. The lowest BCUT2D eigenvalue weighted by Gasteiger charge is -2.32. The van der Waals surface area contributed by atoms with Crippen molar-refractivity contribution in [3.05, 3.63) is 32.7 Å². The molecule has 0 aromatic carbocycles. The SMILES string of the molecule is CNC1CCCN(C(=O)c2c[nH]c(=O)c(Br)c2)C1. The van der Waals surface area contributed by atoms with E-state index in [4.69, 9.17) is 0 Å². The summed E-state index contributed by atoms with van der Waals surface area (Å²) in [5.74, 6) is -0.0353. The molecule has 1 aromatic rings. The monoisotopic (exact) mass is 313 g/mol. The van der Waals surface area contributed by atoms with E-state index < -0.39 is 0 Å². The zero-order chi connectivity index (χ0) is 13.1. The van der Waals surface area contributed by atoms with E-state index in [-0.39, 0.29) is 11.5 Å². The van der Waals surface area contributed by atoms with Gasteiger partial charge in [0.1, 0.15) is 0 Å². The molecule has 6 heteroatoms. The van der Waals surface area contributed by atoms with E-state index in [0.29, 0.717) is 22.6 Å². The van der Waals surface area contributed by atoms with E-state index in [9.17, 15) is 9.59 Å². The number of H-pyrrole nitrogens is 1. The van der Waals surface area contributed by atoms with E-state index in [2.05, 4.69) is 26.2 Å². The van der Waals surface area contributed by atoms with Crippen LogP contribution in [-0.2, 0) is 0 Å². The average molecular weight is 314 g/mol. The van der Waals surface area contributed by atoms with Crippen molar-refractivity contribution in [2.45, 2.75) is 18.9 Å². The highest BCUT2D eigenvalue weighted by Gasteiger charge is 2.23. The smallest absolute Gasteiger partial charge is 0.262 e. The molecule has 0 saturated carbocycles. The molecule has 1 amide bonds. The van der Waals surface area contributed by atoms with Crippen LogP contribution in [0.4, 0.5) is 0 Å². The number of likely N-dealkylation sites (N-methyl/N-ethyl adjacent to an activating group) is 1. The largest absolute Gasteiger partial charge is 0.337 e. The first-order valence-electron chi connectivity index (χ1n) is 5.96. The van der Waals surface area contributed by atoms with Crippen molar-refractivity contribution in [1.82, 2.24) is 15.2 Å². The van der Waals surface area contributed by atoms with Gasteiger partial charge >= 0.3 is 0 Å². The molecule has 0 radical (unpaired) electrons. The minimum absolute atomic E-state index is 0.0353. The van der Waals surface area contributed by atoms with Gasteiger partial charge in [0, 0.05) is 25.3 Å². The molecule has 2 heterocycles. The zero-order valence-corrected chi connectivity index (χ0v) is 11.8. The molecule has 1 aliphatic rings. The molecule has 1 unspecified atom stereocenters. The maximum absolute atomic E-state index is 12.3. The summed E-state index contributed by atoms with van der Waals surface area (Å²) in [5, 5.41) is 3.20. The van der Waals surface area contributed by atoms with Crippen LogP contribution in [-0.4, -0.2) is 42.0 Å². The third-order valence-electron chi connectivity index (χ3n) is 3.22. The number of aromatic amines is 1. The van der Waals surface area contributed by atoms with Crippen LogP contribution in [0.5, 0.6) is 0 Å². The first-order chi connectivity index (χ1) is 8.61. The maximum atomic E-state index is 12.3. The van der Waals surface area contributed by atoms with Gasteiger partial charge in [-0.1, -0.05) is 0 Å². The Morgan fingerprint density at radius 1 is 1.61 bits per heavy atom. The number of hydrogen-bond donors (Lipinski definition) is 2. The number of halogens is 1. The van der Waals surface area contributed by atoms with Gasteiger partial charge in [0.2, 0.25) is 0 Å². The van der Waals surface area contributed by atoms with Crippen LogP contribution in [0.15, 0.2) is 21.5 Å². The van der Waals surface area contributed by atoms with Crippen LogP contribution >= 0.6 is 15.9 Å². The fraction of sp³-hybridized carbons (Fsp3) is 0.500. The number of nitrogens with one attached hydrogen (secondary N) is 2. The van der Waals surface area contributed by atoms with Crippen molar-refractivity contribution in [3.8, 4) is 0 Å². The third-order valence-corrected chi connectivity index (χ3v) is 3.81. The van der Waals surface area contributed by atoms with Gasteiger partial charge in [0.05, 0.1) is 10.0 Å². The molecule has 0 spiro atoms. The number of likely N-dealkylation sites (tertiary alicyclic amines) is 1. The van der Waals surface area contributed by atoms with Gasteiger partial charge < -0.3 is 15.2 Å². The van der Waals surface area contributed by atoms with Crippen LogP contribution in [0.25, 0.3) is 0 Å². The van der Waals surface area contributed by atoms with Crippen LogP contribution in [0.3, 0.4) is 0 Å². The molecule has 0 bridgehead atoms. The second kappa shape index (κ2) is 5.67. The second-order valence-corrected chi connectivity index (χ2v) is 5.30. The Hall–Kier alpha value is -1.14. The van der Waals surface area contributed by atoms with Gasteiger partial charge in [-0.3, -0.25) is 9.59 Å². The number of pyridine rings is 1. The summed E-state index contributed by atoms with van der Waals surface area (Å²) in [4.78, 5) is 27.9. The number of hydrogen-bond acceptors (Lipinski definition) is 3.